The summed E-state index contributed by atoms with van der Waals surface area (Å²) in [5, 5.41) is 3.01. The van der Waals surface area contributed by atoms with Crippen LogP contribution in [0.5, 0.6) is 5.75 Å². The minimum absolute atomic E-state index is 0.0210. The summed E-state index contributed by atoms with van der Waals surface area (Å²) < 4.78 is 5.19. The largest absolute Gasteiger partial charge is 0.496 e. The van der Waals surface area contributed by atoms with Crippen molar-refractivity contribution in [3.8, 4) is 5.75 Å². The van der Waals surface area contributed by atoms with Crippen molar-refractivity contribution in [2.75, 3.05) is 12.8 Å². The number of nitrogens with one attached hydrogen (secondary N) is 1. The van der Waals surface area contributed by atoms with Gasteiger partial charge >= 0.3 is 6.03 Å². The molecule has 0 aliphatic heterocycles. The number of methoxy groups -OCH3 is 1. The molecule has 1 aromatic heterocycles. The number of ether oxygens (including phenoxy) is 1. The molecule has 2 aromatic rings. The van der Waals surface area contributed by atoms with Crippen molar-refractivity contribution in [1.29, 1.82) is 0 Å². The highest BCUT2D eigenvalue weighted by Gasteiger charge is 2.17. The number of anilines is 1. The number of aromatic nitrogens is 1. The molecule has 2 rings (SSSR count). The van der Waals surface area contributed by atoms with Crippen molar-refractivity contribution < 1.29 is 14.3 Å². The minimum Gasteiger partial charge on any atom is -0.496 e. The highest BCUT2D eigenvalue weighted by Crippen LogP contribution is 2.31. The van der Waals surface area contributed by atoms with Gasteiger partial charge in [-0.3, -0.25) is 15.1 Å². The molecule has 5 N–H and O–H groups in total. The van der Waals surface area contributed by atoms with Crippen LogP contribution in [0.3, 0.4) is 0 Å². The zero-order chi connectivity index (χ0) is 14.0. The Kier molecular flexibility index (Phi) is 3.19. The van der Waals surface area contributed by atoms with E-state index in [1.54, 1.807) is 18.2 Å². The fourth-order valence-electron chi connectivity index (χ4n) is 1.82. The molecule has 98 valence electrons. The first-order chi connectivity index (χ1) is 9.04. The van der Waals surface area contributed by atoms with Crippen molar-refractivity contribution in [3.63, 3.8) is 0 Å². The Hall–Kier alpha value is -2.83. The van der Waals surface area contributed by atoms with E-state index in [0.29, 0.717) is 22.2 Å². The van der Waals surface area contributed by atoms with Gasteiger partial charge in [0, 0.05) is 22.7 Å². The fraction of sp³-hybridized carbons (Fsp3) is 0.0833. The van der Waals surface area contributed by atoms with E-state index in [-0.39, 0.29) is 5.69 Å². The third kappa shape index (κ3) is 2.25. The summed E-state index contributed by atoms with van der Waals surface area (Å²) in [6.07, 6.45) is 1.43. The number of nitrogens with zero attached hydrogens (tertiary/aromatic N) is 1. The van der Waals surface area contributed by atoms with Crippen LogP contribution in [0.2, 0.25) is 0 Å². The summed E-state index contributed by atoms with van der Waals surface area (Å²) in [6, 6.07) is 4.01. The topological polar surface area (TPSA) is 120 Å². The lowest BCUT2D eigenvalue weighted by atomic mass is 10.1. The van der Waals surface area contributed by atoms with E-state index in [0.717, 1.165) is 0 Å². The van der Waals surface area contributed by atoms with Gasteiger partial charge in [-0.05, 0) is 18.2 Å². The quantitative estimate of drug-likeness (QED) is 0.684. The highest BCUT2D eigenvalue weighted by molar-refractivity contribution is 6.14. The van der Waals surface area contributed by atoms with Gasteiger partial charge in [0.1, 0.15) is 11.4 Å². The monoisotopic (exact) mass is 260 g/mol. The van der Waals surface area contributed by atoms with E-state index in [1.807, 2.05) is 5.32 Å². The van der Waals surface area contributed by atoms with Crippen LogP contribution >= 0.6 is 0 Å². The van der Waals surface area contributed by atoms with Crippen molar-refractivity contribution >= 4 is 28.4 Å². The fourth-order valence-corrected chi connectivity index (χ4v) is 1.82. The molecule has 0 bridgehead atoms. The molecule has 0 aliphatic rings. The molecule has 19 heavy (non-hydrogen) atoms. The van der Waals surface area contributed by atoms with Gasteiger partial charge in [0.25, 0.3) is 5.91 Å². The van der Waals surface area contributed by atoms with Gasteiger partial charge in [0.15, 0.2) is 0 Å². The smallest absolute Gasteiger partial charge is 0.319 e. The Morgan fingerprint density at radius 2 is 2.05 bits per heavy atom. The predicted octanol–water partition coefficient (Wildman–Crippen LogP) is 0.634. The Morgan fingerprint density at radius 3 is 2.68 bits per heavy atom. The zero-order valence-corrected chi connectivity index (χ0v) is 10.1. The number of amides is 3. The second-order valence-electron chi connectivity index (χ2n) is 3.76. The molecule has 3 amide bonds. The average molecular weight is 260 g/mol. The minimum atomic E-state index is -0.953. The SMILES string of the molecule is COc1ccc(N)c2c(C(=O)NC(N)=O)nccc12. The molecule has 0 unspecified atom stereocenters. The standard InChI is InChI=1S/C12H12N4O3/c1-19-8-3-2-7(13)9-6(8)4-5-15-10(9)11(17)16-12(14)18/h2-5H,13H2,1H3,(H3,14,16,17,18). The first-order valence-electron chi connectivity index (χ1n) is 5.36. The number of pyridine rings is 1. The van der Waals surface area contributed by atoms with Crippen LogP contribution in [0, 0.1) is 0 Å². The highest BCUT2D eigenvalue weighted by atomic mass is 16.5. The lowest BCUT2D eigenvalue weighted by molar-refractivity contribution is 0.0963. The first kappa shape index (κ1) is 12.6. The summed E-state index contributed by atoms with van der Waals surface area (Å²) in [4.78, 5) is 26.5. The maximum absolute atomic E-state index is 11.9. The molecule has 1 heterocycles. The lowest BCUT2D eigenvalue weighted by Crippen LogP contribution is -2.35. The molecular weight excluding hydrogens is 248 g/mol. The molecule has 0 saturated carbocycles. The van der Waals surface area contributed by atoms with Crippen LogP contribution < -0.4 is 21.5 Å². The number of urea groups is 1. The molecule has 0 saturated heterocycles. The Bertz CT molecular complexity index is 669. The normalized spacial score (nSPS) is 10.2. The first-order valence-corrected chi connectivity index (χ1v) is 5.36. The maximum Gasteiger partial charge on any atom is 0.319 e. The number of primary amides is 1. The zero-order valence-electron chi connectivity index (χ0n) is 10.1. The molecule has 0 atom stereocenters. The number of fused-ring (bicyclic) bond motifs is 1. The molecule has 0 radical (unpaired) electrons. The number of carbonyl (C=O) groups is 2. The lowest BCUT2D eigenvalue weighted by Gasteiger charge is -2.10. The Morgan fingerprint density at radius 1 is 1.32 bits per heavy atom. The molecule has 7 heteroatoms. The molecule has 0 spiro atoms. The summed E-state index contributed by atoms with van der Waals surface area (Å²) >= 11 is 0. The van der Waals surface area contributed by atoms with Gasteiger partial charge in [-0.2, -0.15) is 0 Å². The molecule has 1 aromatic carbocycles. The van der Waals surface area contributed by atoms with E-state index in [4.69, 9.17) is 16.2 Å². The van der Waals surface area contributed by atoms with Crippen molar-refractivity contribution in [2.24, 2.45) is 5.73 Å². The second-order valence-corrected chi connectivity index (χ2v) is 3.76. The van der Waals surface area contributed by atoms with Crippen LogP contribution in [-0.4, -0.2) is 24.0 Å². The Balaban J connectivity index is 2.69. The van der Waals surface area contributed by atoms with E-state index in [9.17, 15) is 9.59 Å². The average Bonchev–Trinajstić information content (AvgIpc) is 2.38. The van der Waals surface area contributed by atoms with Gasteiger partial charge < -0.3 is 16.2 Å². The van der Waals surface area contributed by atoms with E-state index < -0.39 is 11.9 Å². The van der Waals surface area contributed by atoms with Crippen molar-refractivity contribution in [2.45, 2.75) is 0 Å². The second kappa shape index (κ2) is 4.81. The Labute approximate surface area is 108 Å². The number of hydrogen-bond donors (Lipinski definition) is 3. The van der Waals surface area contributed by atoms with Gasteiger partial charge in [-0.15, -0.1) is 0 Å². The number of benzene rings is 1. The van der Waals surface area contributed by atoms with Crippen LogP contribution in [0.1, 0.15) is 10.5 Å². The summed E-state index contributed by atoms with van der Waals surface area (Å²) in [7, 11) is 1.51. The summed E-state index contributed by atoms with van der Waals surface area (Å²) in [6.45, 7) is 0. The van der Waals surface area contributed by atoms with Crippen molar-refractivity contribution in [1.82, 2.24) is 10.3 Å². The van der Waals surface area contributed by atoms with Crippen LogP contribution in [0.4, 0.5) is 10.5 Å². The number of hydrogen-bond acceptors (Lipinski definition) is 5. The third-order valence-electron chi connectivity index (χ3n) is 2.59. The molecular formula is C12H12N4O3. The van der Waals surface area contributed by atoms with Crippen LogP contribution in [-0.2, 0) is 0 Å². The van der Waals surface area contributed by atoms with E-state index >= 15 is 0 Å². The number of nitrogens with two attached hydrogens (primary N) is 2. The van der Waals surface area contributed by atoms with E-state index in [2.05, 4.69) is 4.98 Å². The van der Waals surface area contributed by atoms with Crippen LogP contribution in [0.15, 0.2) is 24.4 Å². The number of rotatable bonds is 2. The van der Waals surface area contributed by atoms with Gasteiger partial charge in [0.2, 0.25) is 0 Å². The van der Waals surface area contributed by atoms with Gasteiger partial charge in [-0.1, -0.05) is 0 Å². The summed E-state index contributed by atoms with van der Waals surface area (Å²) in [5.41, 5.74) is 11.2. The third-order valence-corrected chi connectivity index (χ3v) is 2.59. The van der Waals surface area contributed by atoms with Gasteiger partial charge in [0.05, 0.1) is 7.11 Å². The van der Waals surface area contributed by atoms with Crippen LogP contribution in [0.25, 0.3) is 10.8 Å². The molecule has 0 fully saturated rings. The number of nitrogen functional groups attached to an aromatic ring is 1. The predicted molar refractivity (Wildman–Crippen MR) is 69.8 cm³/mol. The van der Waals surface area contributed by atoms with Crippen molar-refractivity contribution in [3.05, 3.63) is 30.1 Å². The number of carbonyl (C=O) groups excluding carboxylic acids is 2. The molecule has 7 nitrogen and oxygen atoms in total. The molecule has 0 aliphatic carbocycles. The summed E-state index contributed by atoms with van der Waals surface area (Å²) in [5.74, 6) is -0.155. The van der Waals surface area contributed by atoms with Gasteiger partial charge in [-0.25, -0.2) is 4.79 Å². The maximum atomic E-state index is 11.9. The number of imide groups is 1. The van der Waals surface area contributed by atoms with E-state index in [1.165, 1.54) is 13.3 Å².